The van der Waals surface area contributed by atoms with Gasteiger partial charge in [0.15, 0.2) is 0 Å². The monoisotopic (exact) mass is 326 g/mol. The lowest BCUT2D eigenvalue weighted by Crippen LogP contribution is -2.39. The number of phenolic OH excluding ortho intramolecular Hbond substituents is 1. The van der Waals surface area contributed by atoms with E-state index in [9.17, 15) is 5.11 Å². The fraction of sp³-hybridized carbons (Fsp3) is 0.600. The molecule has 0 heterocycles. The fourth-order valence-corrected chi connectivity index (χ4v) is 3.29. The van der Waals surface area contributed by atoms with Crippen LogP contribution in [0.3, 0.4) is 0 Å². The van der Waals surface area contributed by atoms with Crippen LogP contribution in [0.2, 0.25) is 0 Å². The second-order valence-corrected chi connectivity index (χ2v) is 6.40. The molecule has 0 spiro atoms. The minimum Gasteiger partial charge on any atom is -0.508 e. The predicted molar refractivity (Wildman–Crippen MR) is 82.4 cm³/mol. The van der Waals surface area contributed by atoms with Crippen molar-refractivity contribution in [1.29, 1.82) is 0 Å². The van der Waals surface area contributed by atoms with E-state index in [0.717, 1.165) is 16.6 Å². The number of halogens is 1. The Kier molecular flexibility index (Phi) is 5.25. The molecule has 0 atom stereocenters. The number of nitrogens with one attached hydrogen (secondary N) is 1. The standard InChI is InChI=1S/C15H23BrN2O/c1-17-13-4-6-14(7-5-13)18(2)10-11-9-12(16)3-8-15(11)19/h3,8-9,13-14,17,19H,4-7,10H2,1-2H3. The summed E-state index contributed by atoms with van der Waals surface area (Å²) in [4.78, 5) is 2.37. The van der Waals surface area contributed by atoms with Gasteiger partial charge in [-0.2, -0.15) is 0 Å². The average molecular weight is 327 g/mol. The lowest BCUT2D eigenvalue weighted by Gasteiger charge is -2.34. The first-order valence-electron chi connectivity index (χ1n) is 6.95. The highest BCUT2D eigenvalue weighted by molar-refractivity contribution is 9.10. The first-order chi connectivity index (χ1) is 9.10. The zero-order valence-corrected chi connectivity index (χ0v) is 13.3. The highest BCUT2D eigenvalue weighted by Crippen LogP contribution is 2.27. The molecule has 2 N–H and O–H groups in total. The normalized spacial score (nSPS) is 23.8. The molecule has 0 saturated heterocycles. The van der Waals surface area contributed by atoms with Crippen LogP contribution in [0.1, 0.15) is 31.2 Å². The molecule has 3 nitrogen and oxygen atoms in total. The van der Waals surface area contributed by atoms with Crippen molar-refractivity contribution in [2.75, 3.05) is 14.1 Å². The number of rotatable bonds is 4. The SMILES string of the molecule is CNC1CCC(N(C)Cc2cc(Br)ccc2O)CC1. The zero-order chi connectivity index (χ0) is 13.8. The van der Waals surface area contributed by atoms with E-state index < -0.39 is 0 Å². The Morgan fingerprint density at radius 1 is 1.32 bits per heavy atom. The summed E-state index contributed by atoms with van der Waals surface area (Å²) in [5.74, 6) is 0.388. The molecule has 19 heavy (non-hydrogen) atoms. The van der Waals surface area contributed by atoms with E-state index in [0.29, 0.717) is 17.8 Å². The molecule has 1 fully saturated rings. The Hall–Kier alpha value is -0.580. The first-order valence-corrected chi connectivity index (χ1v) is 7.74. The molecular weight excluding hydrogens is 304 g/mol. The summed E-state index contributed by atoms with van der Waals surface area (Å²) in [6.07, 6.45) is 4.96. The van der Waals surface area contributed by atoms with E-state index in [1.165, 1.54) is 25.7 Å². The number of benzene rings is 1. The lowest BCUT2D eigenvalue weighted by atomic mass is 9.90. The van der Waals surface area contributed by atoms with Crippen LogP contribution < -0.4 is 5.32 Å². The van der Waals surface area contributed by atoms with E-state index in [4.69, 9.17) is 0 Å². The summed E-state index contributed by atoms with van der Waals surface area (Å²) in [7, 11) is 4.21. The van der Waals surface area contributed by atoms with Crippen molar-refractivity contribution in [3.63, 3.8) is 0 Å². The van der Waals surface area contributed by atoms with Gasteiger partial charge in [-0.15, -0.1) is 0 Å². The van der Waals surface area contributed by atoms with Crippen molar-refractivity contribution in [2.45, 2.75) is 44.3 Å². The van der Waals surface area contributed by atoms with Crippen LogP contribution >= 0.6 is 15.9 Å². The highest BCUT2D eigenvalue weighted by atomic mass is 79.9. The number of nitrogens with zero attached hydrogens (tertiary/aromatic N) is 1. The third-order valence-electron chi connectivity index (χ3n) is 4.19. The van der Waals surface area contributed by atoms with Gasteiger partial charge in [0.25, 0.3) is 0 Å². The van der Waals surface area contributed by atoms with Gasteiger partial charge in [0, 0.05) is 28.7 Å². The molecule has 2 rings (SSSR count). The molecule has 0 radical (unpaired) electrons. The Morgan fingerprint density at radius 3 is 2.63 bits per heavy atom. The minimum atomic E-state index is 0.388. The van der Waals surface area contributed by atoms with Gasteiger partial charge in [-0.05, 0) is 58.0 Å². The Morgan fingerprint density at radius 2 is 2.00 bits per heavy atom. The van der Waals surface area contributed by atoms with E-state index >= 15 is 0 Å². The van der Waals surface area contributed by atoms with Crippen LogP contribution in [0.4, 0.5) is 0 Å². The van der Waals surface area contributed by atoms with Crippen molar-refractivity contribution in [3.8, 4) is 5.75 Å². The molecule has 1 aliphatic rings. The van der Waals surface area contributed by atoms with E-state index in [2.05, 4.69) is 33.2 Å². The van der Waals surface area contributed by atoms with Gasteiger partial charge >= 0.3 is 0 Å². The fourth-order valence-electron chi connectivity index (χ4n) is 2.88. The van der Waals surface area contributed by atoms with E-state index in [-0.39, 0.29) is 0 Å². The van der Waals surface area contributed by atoms with Crippen molar-refractivity contribution in [3.05, 3.63) is 28.2 Å². The van der Waals surface area contributed by atoms with Crippen molar-refractivity contribution in [2.24, 2.45) is 0 Å². The van der Waals surface area contributed by atoms with Gasteiger partial charge < -0.3 is 10.4 Å². The molecule has 4 heteroatoms. The topological polar surface area (TPSA) is 35.5 Å². The number of hydrogen-bond acceptors (Lipinski definition) is 3. The molecule has 0 unspecified atom stereocenters. The summed E-state index contributed by atoms with van der Waals surface area (Å²) in [5.41, 5.74) is 0.993. The van der Waals surface area contributed by atoms with Crippen LogP contribution in [-0.4, -0.2) is 36.2 Å². The van der Waals surface area contributed by atoms with Crippen molar-refractivity contribution in [1.82, 2.24) is 10.2 Å². The molecule has 0 aliphatic heterocycles. The van der Waals surface area contributed by atoms with Crippen molar-refractivity contribution < 1.29 is 5.11 Å². The van der Waals surface area contributed by atoms with Gasteiger partial charge in [0.2, 0.25) is 0 Å². The largest absolute Gasteiger partial charge is 0.508 e. The Bertz CT molecular complexity index is 417. The molecular formula is C15H23BrN2O. The van der Waals surface area contributed by atoms with Gasteiger partial charge in [-0.3, -0.25) is 4.90 Å². The molecule has 0 amide bonds. The maximum Gasteiger partial charge on any atom is 0.120 e. The smallest absolute Gasteiger partial charge is 0.120 e. The number of hydrogen-bond donors (Lipinski definition) is 2. The maximum absolute atomic E-state index is 9.90. The molecule has 1 saturated carbocycles. The summed E-state index contributed by atoms with van der Waals surface area (Å²) in [6, 6.07) is 6.94. The van der Waals surface area contributed by atoms with Gasteiger partial charge in [-0.25, -0.2) is 0 Å². The predicted octanol–water partition coefficient (Wildman–Crippen LogP) is 3.12. The Labute approximate surface area is 124 Å². The average Bonchev–Trinajstić information content (AvgIpc) is 2.43. The number of aromatic hydroxyl groups is 1. The lowest BCUT2D eigenvalue weighted by molar-refractivity contribution is 0.168. The van der Waals surface area contributed by atoms with E-state index in [1.807, 2.05) is 19.2 Å². The molecule has 1 aromatic carbocycles. The quantitative estimate of drug-likeness (QED) is 0.892. The van der Waals surface area contributed by atoms with Crippen LogP contribution in [0.15, 0.2) is 22.7 Å². The second-order valence-electron chi connectivity index (χ2n) is 5.48. The maximum atomic E-state index is 9.90. The molecule has 0 aromatic heterocycles. The van der Waals surface area contributed by atoms with Gasteiger partial charge in [0.1, 0.15) is 5.75 Å². The second kappa shape index (κ2) is 6.73. The highest BCUT2D eigenvalue weighted by Gasteiger charge is 2.23. The summed E-state index contributed by atoms with van der Waals surface area (Å²) in [5, 5.41) is 13.3. The summed E-state index contributed by atoms with van der Waals surface area (Å²) >= 11 is 3.46. The zero-order valence-electron chi connectivity index (χ0n) is 11.7. The third kappa shape index (κ3) is 3.94. The molecule has 1 aliphatic carbocycles. The van der Waals surface area contributed by atoms with Crippen LogP contribution in [0, 0.1) is 0 Å². The van der Waals surface area contributed by atoms with Crippen LogP contribution in [0.25, 0.3) is 0 Å². The third-order valence-corrected chi connectivity index (χ3v) is 4.68. The van der Waals surface area contributed by atoms with Crippen LogP contribution in [-0.2, 0) is 6.54 Å². The van der Waals surface area contributed by atoms with Gasteiger partial charge in [0.05, 0.1) is 0 Å². The molecule has 1 aromatic rings. The Balaban J connectivity index is 1.94. The molecule has 0 bridgehead atoms. The number of phenols is 1. The van der Waals surface area contributed by atoms with E-state index in [1.54, 1.807) is 6.07 Å². The molecule has 106 valence electrons. The first kappa shape index (κ1) is 14.8. The van der Waals surface area contributed by atoms with Crippen LogP contribution in [0.5, 0.6) is 5.75 Å². The summed E-state index contributed by atoms with van der Waals surface area (Å²) < 4.78 is 1.02. The minimum absolute atomic E-state index is 0.388. The van der Waals surface area contributed by atoms with Crippen molar-refractivity contribution >= 4 is 15.9 Å². The summed E-state index contributed by atoms with van der Waals surface area (Å²) in [6.45, 7) is 0.806. The van der Waals surface area contributed by atoms with Gasteiger partial charge in [-0.1, -0.05) is 15.9 Å².